The van der Waals surface area contributed by atoms with Crippen molar-refractivity contribution in [1.82, 2.24) is 9.97 Å². The van der Waals surface area contributed by atoms with Gasteiger partial charge in [-0.2, -0.15) is 0 Å². The number of benzene rings is 1. The minimum atomic E-state index is -3.04. The van der Waals surface area contributed by atoms with Gasteiger partial charge in [0.2, 0.25) is 5.95 Å². The molecule has 1 saturated heterocycles. The zero-order chi connectivity index (χ0) is 19.3. The van der Waals surface area contributed by atoms with Crippen LogP contribution in [0.3, 0.4) is 0 Å². The van der Waals surface area contributed by atoms with Gasteiger partial charge < -0.3 is 9.74 Å². The van der Waals surface area contributed by atoms with Gasteiger partial charge in [0.25, 0.3) is 0 Å². The van der Waals surface area contributed by atoms with Crippen molar-refractivity contribution >= 4 is 21.5 Å². The highest BCUT2D eigenvalue weighted by Crippen LogP contribution is 2.22. The van der Waals surface area contributed by atoms with Gasteiger partial charge in [-0.25, -0.2) is 22.8 Å². The zero-order valence-corrected chi connectivity index (χ0v) is 15.8. The highest BCUT2D eigenvalue weighted by molar-refractivity contribution is 7.90. The average molecular weight is 392 g/mol. The maximum atomic E-state index is 13.8. The molecule has 144 valence electrons. The zero-order valence-electron chi connectivity index (χ0n) is 15.0. The first-order valence-corrected chi connectivity index (χ1v) is 10.7. The first-order valence-electron chi connectivity index (χ1n) is 8.60. The molecule has 0 bridgehead atoms. The summed E-state index contributed by atoms with van der Waals surface area (Å²) in [6.07, 6.45) is 5.80. The number of halogens is 1. The van der Waals surface area contributed by atoms with E-state index < -0.39 is 9.84 Å². The summed E-state index contributed by atoms with van der Waals surface area (Å²) in [6, 6.07) is 6.52. The van der Waals surface area contributed by atoms with Gasteiger partial charge in [-0.1, -0.05) is 23.4 Å². The predicted octanol–water partition coefficient (Wildman–Crippen LogP) is 2.30. The number of aromatic nitrogens is 2. The van der Waals surface area contributed by atoms with Crippen LogP contribution < -0.4 is 4.90 Å². The molecule has 0 spiro atoms. The first kappa shape index (κ1) is 19.2. The van der Waals surface area contributed by atoms with Crippen molar-refractivity contribution in [1.29, 1.82) is 0 Å². The van der Waals surface area contributed by atoms with E-state index in [1.807, 2.05) is 4.90 Å². The number of hydrogen-bond acceptors (Lipinski definition) is 7. The summed E-state index contributed by atoms with van der Waals surface area (Å²) in [5, 5.41) is 4.02. The van der Waals surface area contributed by atoms with E-state index in [0.29, 0.717) is 43.0 Å². The van der Waals surface area contributed by atoms with Gasteiger partial charge in [0, 0.05) is 55.7 Å². The summed E-state index contributed by atoms with van der Waals surface area (Å²) < 4.78 is 35.9. The van der Waals surface area contributed by atoms with E-state index in [1.54, 1.807) is 30.6 Å². The number of nitrogens with zero attached hydrogens (tertiary/aromatic N) is 4. The molecule has 0 saturated carbocycles. The normalized spacial score (nSPS) is 14.9. The molecule has 0 atom stereocenters. The van der Waals surface area contributed by atoms with Crippen molar-refractivity contribution in [3.63, 3.8) is 0 Å². The van der Waals surface area contributed by atoms with E-state index in [2.05, 4.69) is 15.1 Å². The predicted molar refractivity (Wildman–Crippen MR) is 102 cm³/mol. The van der Waals surface area contributed by atoms with Gasteiger partial charge in [0.05, 0.1) is 11.5 Å². The second kappa shape index (κ2) is 8.43. The number of oxime groups is 1. The Hall–Kier alpha value is -2.55. The standard InChI is InChI=1S/C18H21FN4O3S/c1-27(24,25)11-10-26-22-15-6-8-23(9-7-15)18-20-12-14(13-21-18)16-4-2-3-5-17(16)19/h2-5,12-13H,6-11H2,1H3. The van der Waals surface area contributed by atoms with Crippen LogP contribution in [0.4, 0.5) is 10.3 Å². The maximum Gasteiger partial charge on any atom is 0.225 e. The van der Waals surface area contributed by atoms with Crippen LogP contribution in [0, 0.1) is 5.82 Å². The molecule has 0 aliphatic carbocycles. The monoisotopic (exact) mass is 392 g/mol. The third kappa shape index (κ3) is 5.46. The Morgan fingerprint density at radius 2 is 1.85 bits per heavy atom. The molecular weight excluding hydrogens is 371 g/mol. The quantitative estimate of drug-likeness (QED) is 0.554. The molecule has 0 radical (unpaired) electrons. The molecule has 3 rings (SSSR count). The lowest BCUT2D eigenvalue weighted by Gasteiger charge is -2.27. The molecular formula is C18H21FN4O3S. The summed E-state index contributed by atoms with van der Waals surface area (Å²) in [7, 11) is -3.04. The lowest BCUT2D eigenvalue weighted by atomic mass is 10.1. The Kier molecular flexibility index (Phi) is 6.00. The fourth-order valence-corrected chi connectivity index (χ4v) is 3.08. The summed E-state index contributed by atoms with van der Waals surface area (Å²) in [5.41, 5.74) is 2.00. The molecule has 27 heavy (non-hydrogen) atoms. The van der Waals surface area contributed by atoms with Gasteiger partial charge in [-0.15, -0.1) is 0 Å². The SMILES string of the molecule is CS(=O)(=O)CCON=C1CCN(c2ncc(-c3ccccc3F)cn2)CC1. The largest absolute Gasteiger partial charge is 0.395 e. The Labute approximate surface area is 157 Å². The Morgan fingerprint density at radius 3 is 2.48 bits per heavy atom. The third-order valence-corrected chi connectivity index (χ3v) is 5.09. The van der Waals surface area contributed by atoms with Crippen molar-refractivity contribution in [3.05, 3.63) is 42.5 Å². The summed E-state index contributed by atoms with van der Waals surface area (Å²) in [5.74, 6) is 0.244. The summed E-state index contributed by atoms with van der Waals surface area (Å²) in [6.45, 7) is 1.44. The number of sulfone groups is 1. The average Bonchev–Trinajstić information content (AvgIpc) is 2.66. The van der Waals surface area contributed by atoms with Crippen LogP contribution in [-0.4, -0.2) is 55.8 Å². The lowest BCUT2D eigenvalue weighted by Crippen LogP contribution is -2.35. The summed E-state index contributed by atoms with van der Waals surface area (Å²) in [4.78, 5) is 15.8. The van der Waals surface area contributed by atoms with Crippen LogP contribution in [0.5, 0.6) is 0 Å². The smallest absolute Gasteiger partial charge is 0.225 e. The minimum Gasteiger partial charge on any atom is -0.395 e. The van der Waals surface area contributed by atoms with Crippen LogP contribution in [0.25, 0.3) is 11.1 Å². The van der Waals surface area contributed by atoms with E-state index in [4.69, 9.17) is 4.84 Å². The van der Waals surface area contributed by atoms with Crippen molar-refractivity contribution < 1.29 is 17.6 Å². The maximum absolute atomic E-state index is 13.8. The van der Waals surface area contributed by atoms with E-state index in [9.17, 15) is 12.8 Å². The number of rotatable bonds is 6. The number of anilines is 1. The molecule has 0 N–H and O–H groups in total. The Bertz CT molecular complexity index is 906. The second-order valence-corrected chi connectivity index (χ2v) is 8.62. The molecule has 1 aromatic heterocycles. The van der Waals surface area contributed by atoms with Gasteiger partial charge >= 0.3 is 0 Å². The van der Waals surface area contributed by atoms with Gasteiger partial charge in [0.15, 0.2) is 9.84 Å². The van der Waals surface area contributed by atoms with Crippen molar-refractivity contribution in [2.24, 2.45) is 5.16 Å². The molecule has 1 fully saturated rings. The summed E-state index contributed by atoms with van der Waals surface area (Å²) >= 11 is 0. The molecule has 0 amide bonds. The van der Waals surface area contributed by atoms with Crippen molar-refractivity contribution in [2.45, 2.75) is 12.8 Å². The topological polar surface area (TPSA) is 84.8 Å². The molecule has 1 aliphatic heterocycles. The van der Waals surface area contributed by atoms with Gasteiger partial charge in [0.1, 0.15) is 12.4 Å². The van der Waals surface area contributed by atoms with Crippen molar-refractivity contribution in [3.8, 4) is 11.1 Å². The third-order valence-electron chi connectivity index (χ3n) is 4.19. The highest BCUT2D eigenvalue weighted by Gasteiger charge is 2.18. The second-order valence-electron chi connectivity index (χ2n) is 6.36. The fourth-order valence-electron chi connectivity index (χ4n) is 2.70. The first-order chi connectivity index (χ1) is 12.9. The Balaban J connectivity index is 1.54. The molecule has 1 aliphatic rings. The van der Waals surface area contributed by atoms with Crippen LogP contribution in [0.15, 0.2) is 41.8 Å². The molecule has 0 unspecified atom stereocenters. The van der Waals surface area contributed by atoms with E-state index >= 15 is 0 Å². The van der Waals surface area contributed by atoms with E-state index in [0.717, 1.165) is 5.71 Å². The molecule has 2 heterocycles. The van der Waals surface area contributed by atoms with Crippen LogP contribution in [-0.2, 0) is 14.7 Å². The van der Waals surface area contributed by atoms with Crippen LogP contribution in [0.2, 0.25) is 0 Å². The van der Waals surface area contributed by atoms with E-state index in [1.165, 1.54) is 12.3 Å². The Morgan fingerprint density at radius 1 is 1.19 bits per heavy atom. The molecule has 1 aromatic carbocycles. The van der Waals surface area contributed by atoms with Crippen molar-refractivity contribution in [2.75, 3.05) is 36.6 Å². The molecule has 7 nitrogen and oxygen atoms in total. The van der Waals surface area contributed by atoms with E-state index in [-0.39, 0.29) is 18.2 Å². The number of piperidine rings is 1. The highest BCUT2D eigenvalue weighted by atomic mass is 32.2. The van der Waals surface area contributed by atoms with Gasteiger partial charge in [-0.05, 0) is 6.07 Å². The molecule has 2 aromatic rings. The fraction of sp³-hybridized carbons (Fsp3) is 0.389. The van der Waals surface area contributed by atoms with Gasteiger partial charge in [-0.3, -0.25) is 0 Å². The molecule has 9 heteroatoms. The van der Waals surface area contributed by atoms with Crippen LogP contribution in [0.1, 0.15) is 12.8 Å². The minimum absolute atomic E-state index is 0.0435. The number of hydrogen-bond donors (Lipinski definition) is 0. The lowest BCUT2D eigenvalue weighted by molar-refractivity contribution is 0.158. The van der Waals surface area contributed by atoms with Crippen LogP contribution >= 0.6 is 0 Å².